The molecule has 6 heteroatoms. The molecule has 1 aromatic carbocycles. The van der Waals surface area contributed by atoms with Crippen LogP contribution in [0.15, 0.2) is 23.1 Å². The molecule has 0 bridgehead atoms. The zero-order chi connectivity index (χ0) is 14.0. The number of halogens is 1. The van der Waals surface area contributed by atoms with Crippen molar-refractivity contribution in [3.05, 3.63) is 29.3 Å². The molecule has 1 aromatic rings. The second-order valence-electron chi connectivity index (χ2n) is 4.93. The van der Waals surface area contributed by atoms with E-state index in [9.17, 15) is 12.3 Å². The zero-order valence-electron chi connectivity index (χ0n) is 10.5. The molecule has 0 aliphatic rings. The van der Waals surface area contributed by atoms with E-state index < -0.39 is 23.2 Å². The van der Waals surface area contributed by atoms with Crippen molar-refractivity contribution >= 4 is 18.3 Å². The van der Waals surface area contributed by atoms with Gasteiger partial charge in [0.2, 0.25) is 0 Å². The third-order valence-electron chi connectivity index (χ3n) is 2.06. The normalized spacial score (nSPS) is 11.8. The standard InChI is InChI=1S/C12H15FO3SSi/c1-18(2,3)7-6-11-8-10(9-14)4-5-12(11)17(13,15)16/h4-5,8,14H,9H2,1-3H3. The van der Waals surface area contributed by atoms with E-state index in [4.69, 9.17) is 5.11 Å². The summed E-state index contributed by atoms with van der Waals surface area (Å²) in [6.07, 6.45) is 0. The molecule has 0 radical (unpaired) electrons. The average Bonchev–Trinajstić information content (AvgIpc) is 2.23. The molecule has 0 amide bonds. The van der Waals surface area contributed by atoms with Gasteiger partial charge in [0.1, 0.15) is 13.0 Å². The van der Waals surface area contributed by atoms with Crippen LogP contribution in [0.4, 0.5) is 3.89 Å². The van der Waals surface area contributed by atoms with E-state index in [0.717, 1.165) is 6.07 Å². The molecule has 0 saturated heterocycles. The molecule has 18 heavy (non-hydrogen) atoms. The maximum absolute atomic E-state index is 13.1. The van der Waals surface area contributed by atoms with Crippen LogP contribution >= 0.6 is 0 Å². The highest BCUT2D eigenvalue weighted by Crippen LogP contribution is 2.19. The number of aliphatic hydroxyl groups is 1. The predicted octanol–water partition coefficient (Wildman–Crippen LogP) is 2.07. The van der Waals surface area contributed by atoms with E-state index in [2.05, 4.69) is 11.5 Å². The first-order valence-electron chi connectivity index (χ1n) is 5.35. The van der Waals surface area contributed by atoms with Gasteiger partial charge in [-0.3, -0.25) is 0 Å². The Hall–Kier alpha value is -1.16. The molecule has 0 aliphatic carbocycles. The van der Waals surface area contributed by atoms with Crippen LogP contribution in [0.5, 0.6) is 0 Å². The van der Waals surface area contributed by atoms with Gasteiger partial charge < -0.3 is 5.11 Å². The molecule has 1 rings (SSSR count). The van der Waals surface area contributed by atoms with Gasteiger partial charge in [-0.25, -0.2) is 0 Å². The van der Waals surface area contributed by atoms with Crippen molar-refractivity contribution in [3.8, 4) is 11.5 Å². The molecule has 98 valence electrons. The minimum absolute atomic E-state index is 0.103. The van der Waals surface area contributed by atoms with E-state index in [1.807, 2.05) is 19.6 Å². The largest absolute Gasteiger partial charge is 0.392 e. The molecule has 0 spiro atoms. The molecule has 0 heterocycles. The number of benzene rings is 1. The van der Waals surface area contributed by atoms with Crippen LogP contribution in [0.2, 0.25) is 19.6 Å². The van der Waals surface area contributed by atoms with E-state index in [-0.39, 0.29) is 12.2 Å². The first kappa shape index (κ1) is 14.9. The Bertz CT molecular complexity index is 606. The topological polar surface area (TPSA) is 54.4 Å². The lowest BCUT2D eigenvalue weighted by atomic mass is 10.1. The van der Waals surface area contributed by atoms with Crippen molar-refractivity contribution in [1.82, 2.24) is 0 Å². The van der Waals surface area contributed by atoms with Crippen LogP contribution in [0.3, 0.4) is 0 Å². The lowest BCUT2D eigenvalue weighted by molar-refractivity contribution is 0.281. The first-order chi connectivity index (χ1) is 8.13. The van der Waals surface area contributed by atoms with Gasteiger partial charge in [-0.15, -0.1) is 9.43 Å². The maximum atomic E-state index is 13.1. The number of hydrogen-bond donors (Lipinski definition) is 1. The fourth-order valence-corrected chi connectivity index (χ4v) is 2.35. The van der Waals surface area contributed by atoms with Crippen LogP contribution < -0.4 is 0 Å². The lowest BCUT2D eigenvalue weighted by Crippen LogP contribution is -2.16. The van der Waals surface area contributed by atoms with E-state index in [1.165, 1.54) is 12.1 Å². The minimum atomic E-state index is -4.79. The summed E-state index contributed by atoms with van der Waals surface area (Å²) < 4.78 is 35.1. The quantitative estimate of drug-likeness (QED) is 0.514. The molecule has 0 aliphatic heterocycles. The summed E-state index contributed by atoms with van der Waals surface area (Å²) in [6.45, 7) is 5.76. The second kappa shape index (κ2) is 5.22. The van der Waals surface area contributed by atoms with Crippen molar-refractivity contribution in [2.24, 2.45) is 0 Å². The third kappa shape index (κ3) is 4.26. The van der Waals surface area contributed by atoms with E-state index in [1.54, 1.807) is 0 Å². The monoisotopic (exact) mass is 286 g/mol. The Morgan fingerprint density at radius 1 is 1.33 bits per heavy atom. The number of rotatable bonds is 2. The Morgan fingerprint density at radius 2 is 1.94 bits per heavy atom. The van der Waals surface area contributed by atoms with Crippen molar-refractivity contribution in [3.63, 3.8) is 0 Å². The Balaban J connectivity index is 3.42. The summed E-state index contributed by atoms with van der Waals surface area (Å²) in [5.41, 5.74) is 3.58. The van der Waals surface area contributed by atoms with Crippen molar-refractivity contribution in [1.29, 1.82) is 0 Å². The highest BCUT2D eigenvalue weighted by molar-refractivity contribution is 7.86. The van der Waals surface area contributed by atoms with Gasteiger partial charge in [0.25, 0.3) is 0 Å². The number of aliphatic hydroxyl groups excluding tert-OH is 1. The average molecular weight is 286 g/mol. The highest BCUT2D eigenvalue weighted by Gasteiger charge is 2.17. The zero-order valence-corrected chi connectivity index (χ0v) is 12.3. The summed E-state index contributed by atoms with van der Waals surface area (Å²) >= 11 is 0. The third-order valence-corrected chi connectivity index (χ3v) is 3.82. The number of hydrogen-bond acceptors (Lipinski definition) is 3. The molecular formula is C12H15FO3SSi. The van der Waals surface area contributed by atoms with Gasteiger partial charge in [-0.2, -0.15) is 8.42 Å². The van der Waals surface area contributed by atoms with Crippen LogP contribution in [0, 0.1) is 11.5 Å². The summed E-state index contributed by atoms with van der Waals surface area (Å²) in [6, 6.07) is 3.90. The summed E-state index contributed by atoms with van der Waals surface area (Å²) in [5.74, 6) is 2.72. The molecule has 3 nitrogen and oxygen atoms in total. The molecule has 0 fully saturated rings. The second-order valence-corrected chi connectivity index (χ2v) is 11.0. The van der Waals surface area contributed by atoms with Gasteiger partial charge in [0.05, 0.1) is 6.61 Å². The smallest absolute Gasteiger partial charge is 0.333 e. The first-order valence-corrected chi connectivity index (χ1v) is 10.2. The van der Waals surface area contributed by atoms with E-state index >= 15 is 0 Å². The van der Waals surface area contributed by atoms with Crippen molar-refractivity contribution in [2.45, 2.75) is 31.1 Å². The summed E-state index contributed by atoms with van der Waals surface area (Å²) in [4.78, 5) is -0.439. The van der Waals surface area contributed by atoms with Gasteiger partial charge in [-0.05, 0) is 17.7 Å². The van der Waals surface area contributed by atoms with Crippen LogP contribution in [0.1, 0.15) is 11.1 Å². The van der Waals surface area contributed by atoms with Crippen molar-refractivity contribution < 1.29 is 17.4 Å². The van der Waals surface area contributed by atoms with Crippen LogP contribution in [-0.4, -0.2) is 21.6 Å². The SMILES string of the molecule is C[Si](C)(C)C#Cc1cc(CO)ccc1S(=O)(=O)F. The molecule has 0 saturated carbocycles. The fourth-order valence-electron chi connectivity index (χ4n) is 1.24. The maximum Gasteiger partial charge on any atom is 0.333 e. The van der Waals surface area contributed by atoms with Gasteiger partial charge in [-0.1, -0.05) is 31.6 Å². The van der Waals surface area contributed by atoms with Crippen LogP contribution in [0.25, 0.3) is 0 Å². The predicted molar refractivity (Wildman–Crippen MR) is 70.9 cm³/mol. The minimum Gasteiger partial charge on any atom is -0.392 e. The molecule has 0 atom stereocenters. The molecule has 0 unspecified atom stereocenters. The Kier molecular flexibility index (Phi) is 4.32. The highest BCUT2D eigenvalue weighted by atomic mass is 32.3. The van der Waals surface area contributed by atoms with E-state index in [0.29, 0.717) is 5.56 Å². The Labute approximate surface area is 108 Å². The summed E-state index contributed by atoms with van der Waals surface area (Å²) in [7, 11) is -6.49. The fraction of sp³-hybridized carbons (Fsp3) is 0.333. The molecule has 0 aromatic heterocycles. The van der Waals surface area contributed by atoms with Crippen molar-refractivity contribution in [2.75, 3.05) is 0 Å². The molecule has 1 N–H and O–H groups in total. The van der Waals surface area contributed by atoms with Gasteiger partial charge >= 0.3 is 10.2 Å². The molecular weight excluding hydrogens is 271 g/mol. The van der Waals surface area contributed by atoms with Gasteiger partial charge in [0.15, 0.2) is 0 Å². The van der Waals surface area contributed by atoms with Crippen LogP contribution in [-0.2, 0) is 16.8 Å². The Morgan fingerprint density at radius 3 is 2.39 bits per heavy atom. The summed E-state index contributed by atoms with van der Waals surface area (Å²) in [5, 5.41) is 9.00. The van der Waals surface area contributed by atoms with Gasteiger partial charge in [0, 0.05) is 5.56 Å². The lowest BCUT2D eigenvalue weighted by Gasteiger charge is -2.06.